The van der Waals surface area contributed by atoms with E-state index in [0.717, 1.165) is 6.07 Å². The zero-order valence-corrected chi connectivity index (χ0v) is 7.52. The Balaban J connectivity index is 3.15. The van der Waals surface area contributed by atoms with Crippen LogP contribution in [0, 0.1) is 6.92 Å². The van der Waals surface area contributed by atoms with E-state index < -0.39 is 18.2 Å². The summed E-state index contributed by atoms with van der Waals surface area (Å²) in [6, 6.07) is 1.09. The van der Waals surface area contributed by atoms with Gasteiger partial charge in [-0.05, 0) is 24.6 Å². The first-order valence-corrected chi connectivity index (χ1v) is 3.84. The number of hydrogen-bond donors (Lipinski definition) is 1. The Bertz CT molecular complexity index is 299. The van der Waals surface area contributed by atoms with Gasteiger partial charge in [-0.3, -0.25) is 0 Å². The molecule has 1 rings (SSSR count). The van der Waals surface area contributed by atoms with Gasteiger partial charge in [-0.25, -0.2) is 9.97 Å². The first kappa shape index (κ1) is 10.3. The molecule has 72 valence electrons. The Kier molecular flexibility index (Phi) is 2.77. The lowest BCUT2D eigenvalue weighted by Gasteiger charge is -2.12. The van der Waals surface area contributed by atoms with Gasteiger partial charge in [0.05, 0.1) is 0 Å². The van der Waals surface area contributed by atoms with Crippen LogP contribution < -0.4 is 0 Å². The molecule has 0 aliphatic carbocycles. The molecule has 0 amide bonds. The van der Waals surface area contributed by atoms with Gasteiger partial charge in [0.1, 0.15) is 12.3 Å². The normalized spacial score (nSPS) is 11.8. The van der Waals surface area contributed by atoms with Crippen LogP contribution in [0.4, 0.5) is 8.78 Å². The molecule has 6 heteroatoms. The summed E-state index contributed by atoms with van der Waals surface area (Å²) in [7, 11) is 0. The molecule has 0 aliphatic heterocycles. The van der Waals surface area contributed by atoms with Crippen LogP contribution in [0.1, 0.15) is 11.4 Å². The maximum Gasteiger partial charge on any atom is 0.312 e. The second-order valence-electron chi connectivity index (χ2n) is 2.53. The van der Waals surface area contributed by atoms with E-state index in [0.29, 0.717) is 5.69 Å². The third kappa shape index (κ3) is 2.32. The highest BCUT2D eigenvalue weighted by molar-refractivity contribution is 6.28. The first-order valence-electron chi connectivity index (χ1n) is 3.46. The molecule has 0 saturated heterocycles. The highest BCUT2D eigenvalue weighted by Crippen LogP contribution is 2.26. The zero-order valence-electron chi connectivity index (χ0n) is 6.76. The van der Waals surface area contributed by atoms with Crippen LogP contribution in [-0.4, -0.2) is 21.7 Å². The van der Waals surface area contributed by atoms with Crippen LogP contribution in [0.2, 0.25) is 5.28 Å². The van der Waals surface area contributed by atoms with Gasteiger partial charge in [0.25, 0.3) is 0 Å². The number of hydrogen-bond acceptors (Lipinski definition) is 3. The van der Waals surface area contributed by atoms with Crippen LogP contribution in [0.3, 0.4) is 0 Å². The third-order valence-corrected chi connectivity index (χ3v) is 1.57. The Morgan fingerprint density at radius 2 is 2.15 bits per heavy atom. The molecule has 1 heterocycles. The lowest BCUT2D eigenvalue weighted by atomic mass is 10.2. The van der Waals surface area contributed by atoms with E-state index >= 15 is 0 Å². The van der Waals surface area contributed by atoms with Gasteiger partial charge in [0.15, 0.2) is 0 Å². The third-order valence-electron chi connectivity index (χ3n) is 1.40. The Hall–Kier alpha value is -0.810. The van der Waals surface area contributed by atoms with E-state index in [1.54, 1.807) is 0 Å². The predicted molar refractivity (Wildman–Crippen MR) is 42.8 cm³/mol. The number of aliphatic hydroxyl groups is 1. The summed E-state index contributed by atoms with van der Waals surface area (Å²) in [5, 5.41) is 8.13. The number of halogens is 3. The van der Waals surface area contributed by atoms with Crippen molar-refractivity contribution in [3.63, 3.8) is 0 Å². The molecule has 0 atom stereocenters. The minimum absolute atomic E-state index is 0.247. The van der Waals surface area contributed by atoms with Crippen molar-refractivity contribution in [1.82, 2.24) is 9.97 Å². The molecule has 0 saturated carbocycles. The Morgan fingerprint density at radius 3 is 2.62 bits per heavy atom. The van der Waals surface area contributed by atoms with Crippen molar-refractivity contribution in [3.05, 3.63) is 22.7 Å². The van der Waals surface area contributed by atoms with Crippen molar-refractivity contribution in [2.24, 2.45) is 0 Å². The number of rotatable bonds is 2. The van der Waals surface area contributed by atoms with Crippen molar-refractivity contribution in [3.8, 4) is 0 Å². The lowest BCUT2D eigenvalue weighted by molar-refractivity contribution is -0.0593. The van der Waals surface area contributed by atoms with Gasteiger partial charge in [0.2, 0.25) is 5.28 Å². The van der Waals surface area contributed by atoms with Gasteiger partial charge in [-0.1, -0.05) is 0 Å². The van der Waals surface area contributed by atoms with Gasteiger partial charge in [0, 0.05) is 5.69 Å². The highest BCUT2D eigenvalue weighted by Gasteiger charge is 2.32. The van der Waals surface area contributed by atoms with Gasteiger partial charge in [-0.15, -0.1) is 0 Å². The molecular formula is C7H7ClF2N2O. The maximum absolute atomic E-state index is 12.8. The van der Waals surface area contributed by atoms with E-state index in [-0.39, 0.29) is 5.28 Å². The minimum Gasteiger partial charge on any atom is -0.390 e. The molecule has 0 fully saturated rings. The molecular weight excluding hydrogens is 202 g/mol. The largest absolute Gasteiger partial charge is 0.390 e. The van der Waals surface area contributed by atoms with Crippen LogP contribution in [0.15, 0.2) is 6.07 Å². The molecule has 0 radical (unpaired) electrons. The second-order valence-corrected chi connectivity index (χ2v) is 2.86. The van der Waals surface area contributed by atoms with Crippen molar-refractivity contribution >= 4 is 11.6 Å². The number of aryl methyl sites for hydroxylation is 1. The highest BCUT2D eigenvalue weighted by atomic mass is 35.5. The Labute approximate surface area is 78.4 Å². The summed E-state index contributed by atoms with van der Waals surface area (Å²) >= 11 is 5.38. The van der Waals surface area contributed by atoms with Crippen LogP contribution >= 0.6 is 11.6 Å². The van der Waals surface area contributed by atoms with Crippen molar-refractivity contribution in [2.75, 3.05) is 6.61 Å². The molecule has 0 aromatic carbocycles. The summed E-state index contributed by atoms with van der Waals surface area (Å²) in [4.78, 5) is 6.94. The smallest absolute Gasteiger partial charge is 0.312 e. The van der Waals surface area contributed by atoms with E-state index in [2.05, 4.69) is 9.97 Å². The predicted octanol–water partition coefficient (Wildman–Crippen LogP) is 1.52. The summed E-state index contributed by atoms with van der Waals surface area (Å²) in [6.07, 6.45) is 0. The van der Waals surface area contributed by atoms with Crippen LogP contribution in [0.25, 0.3) is 0 Å². The monoisotopic (exact) mass is 208 g/mol. The van der Waals surface area contributed by atoms with Crippen molar-refractivity contribution < 1.29 is 13.9 Å². The number of alkyl halides is 2. The number of aromatic nitrogens is 2. The molecule has 1 N–H and O–H groups in total. The van der Waals surface area contributed by atoms with Crippen LogP contribution in [-0.2, 0) is 5.92 Å². The van der Waals surface area contributed by atoms with Crippen LogP contribution in [0.5, 0.6) is 0 Å². The van der Waals surface area contributed by atoms with E-state index in [4.69, 9.17) is 16.7 Å². The topological polar surface area (TPSA) is 46.0 Å². The average Bonchev–Trinajstić information content (AvgIpc) is 2.02. The summed E-state index contributed by atoms with van der Waals surface area (Å²) < 4.78 is 25.7. The molecule has 0 spiro atoms. The average molecular weight is 209 g/mol. The fourth-order valence-electron chi connectivity index (χ4n) is 0.801. The summed E-state index contributed by atoms with van der Waals surface area (Å²) in [6.45, 7) is 0.226. The number of aliphatic hydroxyl groups excluding tert-OH is 1. The van der Waals surface area contributed by atoms with E-state index in [1.807, 2.05) is 0 Å². The molecule has 1 aromatic rings. The standard InChI is InChI=1S/C7H7ClF2N2O/c1-4-2-5(7(9,10)3-13)12-6(8)11-4/h2,13H,3H2,1H3. The van der Waals surface area contributed by atoms with Crippen molar-refractivity contribution in [1.29, 1.82) is 0 Å². The molecule has 0 aliphatic rings. The quantitative estimate of drug-likeness (QED) is 0.750. The molecule has 0 bridgehead atoms. The Morgan fingerprint density at radius 1 is 1.54 bits per heavy atom. The fraction of sp³-hybridized carbons (Fsp3) is 0.429. The second kappa shape index (κ2) is 3.51. The fourth-order valence-corrected chi connectivity index (χ4v) is 1.03. The maximum atomic E-state index is 12.8. The molecule has 1 aromatic heterocycles. The number of nitrogens with zero attached hydrogens (tertiary/aromatic N) is 2. The van der Waals surface area contributed by atoms with Gasteiger partial charge >= 0.3 is 5.92 Å². The zero-order chi connectivity index (χ0) is 10.1. The summed E-state index contributed by atoms with van der Waals surface area (Å²) in [5.74, 6) is -3.36. The SMILES string of the molecule is Cc1cc(C(F)(F)CO)nc(Cl)n1. The minimum atomic E-state index is -3.36. The van der Waals surface area contributed by atoms with E-state index in [1.165, 1.54) is 6.92 Å². The molecule has 0 unspecified atom stereocenters. The molecule has 3 nitrogen and oxygen atoms in total. The van der Waals surface area contributed by atoms with E-state index in [9.17, 15) is 8.78 Å². The van der Waals surface area contributed by atoms with Gasteiger partial charge in [-0.2, -0.15) is 8.78 Å². The van der Waals surface area contributed by atoms with Gasteiger partial charge < -0.3 is 5.11 Å². The van der Waals surface area contributed by atoms with Crippen molar-refractivity contribution in [2.45, 2.75) is 12.8 Å². The first-order chi connectivity index (χ1) is 5.95. The summed E-state index contributed by atoms with van der Waals surface area (Å²) in [5.41, 5.74) is -0.226. The lowest BCUT2D eigenvalue weighted by Crippen LogP contribution is -2.20. The molecule has 13 heavy (non-hydrogen) atoms.